The van der Waals surface area contributed by atoms with E-state index in [-0.39, 0.29) is 5.69 Å². The van der Waals surface area contributed by atoms with E-state index >= 15 is 0 Å². The van der Waals surface area contributed by atoms with E-state index in [1.54, 1.807) is 0 Å². The van der Waals surface area contributed by atoms with Gasteiger partial charge in [-0.05, 0) is 24.3 Å². The number of benzene rings is 2. The molecule has 8 heteroatoms. The lowest BCUT2D eigenvalue weighted by Crippen LogP contribution is -2.33. The smallest absolute Gasteiger partial charge is 0.319 e. The molecule has 0 aromatic heterocycles. The van der Waals surface area contributed by atoms with Gasteiger partial charge >= 0.3 is 6.03 Å². The molecule has 2 rings (SSSR count). The second-order valence-corrected chi connectivity index (χ2v) is 4.61. The zero-order chi connectivity index (χ0) is 17.0. The number of nitrogens with one attached hydrogen (secondary N) is 2. The number of amides is 2. The highest BCUT2D eigenvalue weighted by molar-refractivity contribution is 5.89. The molecule has 3 N–H and O–H groups in total. The van der Waals surface area contributed by atoms with Crippen molar-refractivity contribution in [2.24, 2.45) is 0 Å². The monoisotopic (exact) mass is 328 g/mol. The molecule has 1 unspecified atom stereocenters. The normalized spacial score (nSPS) is 11.9. The highest BCUT2D eigenvalue weighted by Gasteiger charge is 2.18. The molecule has 2 aromatic carbocycles. The summed E-state index contributed by atoms with van der Waals surface area (Å²) in [4.78, 5) is 11.6. The Balaban J connectivity index is 1.96. The van der Waals surface area contributed by atoms with Gasteiger partial charge in [-0.15, -0.1) is 0 Å². The van der Waals surface area contributed by atoms with Crippen LogP contribution in [-0.4, -0.2) is 17.7 Å². The first-order valence-corrected chi connectivity index (χ1v) is 6.50. The predicted molar refractivity (Wildman–Crippen MR) is 74.7 cm³/mol. The van der Waals surface area contributed by atoms with Crippen LogP contribution in [0.4, 0.5) is 28.0 Å². The van der Waals surface area contributed by atoms with E-state index in [0.717, 1.165) is 30.3 Å². The van der Waals surface area contributed by atoms with E-state index in [4.69, 9.17) is 0 Å². The van der Waals surface area contributed by atoms with E-state index in [1.807, 2.05) is 0 Å². The molecule has 0 heterocycles. The Morgan fingerprint density at radius 1 is 1.04 bits per heavy atom. The van der Waals surface area contributed by atoms with Gasteiger partial charge in [0.25, 0.3) is 0 Å². The number of carbonyl (C=O) groups excluding carboxylic acids is 1. The molecule has 0 radical (unpaired) electrons. The predicted octanol–water partition coefficient (Wildman–Crippen LogP) is 3.10. The summed E-state index contributed by atoms with van der Waals surface area (Å²) in [5.41, 5.74) is -0.865. The van der Waals surface area contributed by atoms with Crippen LogP contribution in [0.25, 0.3) is 0 Å². The van der Waals surface area contributed by atoms with Crippen LogP contribution in [0.1, 0.15) is 11.7 Å². The van der Waals surface area contributed by atoms with Crippen molar-refractivity contribution in [3.63, 3.8) is 0 Å². The Labute approximate surface area is 128 Å². The van der Waals surface area contributed by atoms with Crippen molar-refractivity contribution in [2.75, 3.05) is 11.9 Å². The first kappa shape index (κ1) is 16.8. The Bertz CT molecular complexity index is 704. The molecule has 0 aliphatic rings. The van der Waals surface area contributed by atoms with Crippen molar-refractivity contribution in [1.82, 2.24) is 5.32 Å². The van der Waals surface area contributed by atoms with Gasteiger partial charge in [-0.2, -0.15) is 0 Å². The minimum atomic E-state index is -1.62. The summed E-state index contributed by atoms with van der Waals surface area (Å²) in [5.74, 6) is -3.70. The fourth-order valence-corrected chi connectivity index (χ4v) is 1.88. The molecule has 2 amide bonds. The largest absolute Gasteiger partial charge is 0.386 e. The quantitative estimate of drug-likeness (QED) is 0.755. The fourth-order valence-electron chi connectivity index (χ4n) is 1.88. The van der Waals surface area contributed by atoms with Crippen LogP contribution >= 0.6 is 0 Å². The Morgan fingerprint density at radius 3 is 2.30 bits per heavy atom. The topological polar surface area (TPSA) is 61.4 Å². The molecular weight excluding hydrogens is 316 g/mol. The number of hydrogen-bond acceptors (Lipinski definition) is 2. The molecule has 0 saturated carbocycles. The average Bonchev–Trinajstić information content (AvgIpc) is 2.48. The van der Waals surface area contributed by atoms with Crippen molar-refractivity contribution >= 4 is 11.7 Å². The van der Waals surface area contributed by atoms with E-state index in [9.17, 15) is 27.5 Å². The molecule has 0 saturated heterocycles. The maximum Gasteiger partial charge on any atom is 0.319 e. The summed E-state index contributed by atoms with van der Waals surface area (Å²) < 4.78 is 53.0. The third kappa shape index (κ3) is 4.19. The van der Waals surface area contributed by atoms with Gasteiger partial charge in [0.2, 0.25) is 0 Å². The number of urea groups is 1. The molecule has 4 nitrogen and oxygen atoms in total. The molecule has 0 aliphatic heterocycles. The molecule has 23 heavy (non-hydrogen) atoms. The number of anilines is 1. The first-order chi connectivity index (χ1) is 10.9. The number of halogens is 4. The maximum atomic E-state index is 13.4. The summed E-state index contributed by atoms with van der Waals surface area (Å²) in [6, 6.07) is 4.69. The van der Waals surface area contributed by atoms with Gasteiger partial charge in [0.1, 0.15) is 29.4 Å². The Kier molecular flexibility index (Phi) is 5.17. The Morgan fingerprint density at radius 2 is 1.70 bits per heavy atom. The van der Waals surface area contributed by atoms with E-state index in [1.165, 1.54) is 0 Å². The van der Waals surface area contributed by atoms with Crippen LogP contribution in [0, 0.1) is 23.3 Å². The van der Waals surface area contributed by atoms with Gasteiger partial charge in [0.05, 0.1) is 11.3 Å². The van der Waals surface area contributed by atoms with Gasteiger partial charge < -0.3 is 15.7 Å². The van der Waals surface area contributed by atoms with Crippen molar-refractivity contribution < 1.29 is 27.5 Å². The second kappa shape index (κ2) is 7.10. The average molecular weight is 328 g/mol. The number of hydrogen-bond donors (Lipinski definition) is 3. The molecule has 0 spiro atoms. The maximum absolute atomic E-state index is 13.4. The first-order valence-electron chi connectivity index (χ1n) is 6.50. The molecule has 2 aromatic rings. The van der Waals surface area contributed by atoms with Crippen LogP contribution in [0.2, 0.25) is 0 Å². The van der Waals surface area contributed by atoms with E-state index < -0.39 is 47.5 Å². The van der Waals surface area contributed by atoms with Crippen LogP contribution in [0.15, 0.2) is 36.4 Å². The zero-order valence-corrected chi connectivity index (χ0v) is 11.6. The van der Waals surface area contributed by atoms with E-state index in [0.29, 0.717) is 6.07 Å². The highest BCUT2D eigenvalue weighted by atomic mass is 19.1. The van der Waals surface area contributed by atoms with Crippen molar-refractivity contribution in [3.8, 4) is 0 Å². The standard InChI is InChI=1S/C15H12F4N2O2/c16-8-4-5-12(11(19)6-8)21-15(23)20-7-13(22)14-9(17)2-1-3-10(14)18/h1-6,13,22H,7H2,(H2,20,21,23). The molecule has 0 bridgehead atoms. The summed E-state index contributed by atoms with van der Waals surface area (Å²) in [6.45, 7) is -0.507. The van der Waals surface area contributed by atoms with Crippen LogP contribution < -0.4 is 10.6 Å². The summed E-state index contributed by atoms with van der Waals surface area (Å²) >= 11 is 0. The lowest BCUT2D eigenvalue weighted by atomic mass is 10.1. The SMILES string of the molecule is O=C(NCC(O)c1c(F)cccc1F)Nc1ccc(F)cc1F. The molecule has 0 fully saturated rings. The molecular formula is C15H12F4N2O2. The number of rotatable bonds is 4. The highest BCUT2D eigenvalue weighted by Crippen LogP contribution is 2.20. The fraction of sp³-hybridized carbons (Fsp3) is 0.133. The summed E-state index contributed by atoms with van der Waals surface area (Å²) in [6.07, 6.45) is -1.62. The molecule has 1 atom stereocenters. The van der Waals surface area contributed by atoms with Gasteiger partial charge in [-0.3, -0.25) is 0 Å². The van der Waals surface area contributed by atoms with Crippen LogP contribution in [0.5, 0.6) is 0 Å². The third-order valence-corrected chi connectivity index (χ3v) is 2.97. The van der Waals surface area contributed by atoms with Crippen molar-refractivity contribution in [3.05, 3.63) is 65.2 Å². The number of carbonyl (C=O) groups is 1. The van der Waals surface area contributed by atoms with Gasteiger partial charge in [-0.25, -0.2) is 22.4 Å². The third-order valence-electron chi connectivity index (χ3n) is 2.97. The van der Waals surface area contributed by atoms with Crippen LogP contribution in [-0.2, 0) is 0 Å². The lowest BCUT2D eigenvalue weighted by Gasteiger charge is -2.14. The van der Waals surface area contributed by atoms with Crippen molar-refractivity contribution in [2.45, 2.75) is 6.10 Å². The Hall–Kier alpha value is -2.61. The lowest BCUT2D eigenvalue weighted by molar-refractivity contribution is 0.166. The van der Waals surface area contributed by atoms with E-state index in [2.05, 4.69) is 10.6 Å². The zero-order valence-electron chi connectivity index (χ0n) is 11.6. The van der Waals surface area contributed by atoms with Gasteiger partial charge in [0.15, 0.2) is 0 Å². The second-order valence-electron chi connectivity index (χ2n) is 4.61. The summed E-state index contributed by atoms with van der Waals surface area (Å²) in [5, 5.41) is 14.0. The number of aliphatic hydroxyl groups excluding tert-OH is 1. The molecule has 0 aliphatic carbocycles. The minimum absolute atomic E-state index is 0.282. The summed E-state index contributed by atoms with van der Waals surface area (Å²) in [7, 11) is 0. The van der Waals surface area contributed by atoms with Gasteiger partial charge in [0, 0.05) is 12.6 Å². The molecule has 122 valence electrons. The van der Waals surface area contributed by atoms with Crippen LogP contribution in [0.3, 0.4) is 0 Å². The van der Waals surface area contributed by atoms with Gasteiger partial charge in [-0.1, -0.05) is 6.07 Å². The number of aliphatic hydroxyl groups is 1. The van der Waals surface area contributed by atoms with Crippen molar-refractivity contribution in [1.29, 1.82) is 0 Å². The minimum Gasteiger partial charge on any atom is -0.386 e.